The molecule has 0 aliphatic heterocycles. The number of thiazole rings is 1. The van der Waals surface area contributed by atoms with Gasteiger partial charge in [-0.05, 0) is 25.0 Å². The maximum Gasteiger partial charge on any atom is 0.253 e. The summed E-state index contributed by atoms with van der Waals surface area (Å²) in [7, 11) is 0. The molecule has 0 radical (unpaired) electrons. The maximum absolute atomic E-state index is 12.0. The van der Waals surface area contributed by atoms with Crippen molar-refractivity contribution in [1.29, 1.82) is 0 Å². The molecule has 6 nitrogen and oxygen atoms in total. The highest BCUT2D eigenvalue weighted by Crippen LogP contribution is 2.10. The van der Waals surface area contributed by atoms with Crippen LogP contribution in [0.4, 0.5) is 5.82 Å². The van der Waals surface area contributed by atoms with E-state index in [-0.39, 0.29) is 12.5 Å². The second kappa shape index (κ2) is 8.45. The molecule has 2 aromatic heterocycles. The van der Waals surface area contributed by atoms with Crippen molar-refractivity contribution < 1.29 is 9.90 Å². The van der Waals surface area contributed by atoms with E-state index in [9.17, 15) is 4.79 Å². The van der Waals surface area contributed by atoms with E-state index in [1.165, 1.54) is 6.20 Å². The number of hydrogen-bond donors (Lipinski definition) is 3. The van der Waals surface area contributed by atoms with E-state index in [1.54, 1.807) is 23.5 Å². The normalized spacial score (nSPS) is 10.5. The molecule has 22 heavy (non-hydrogen) atoms. The lowest BCUT2D eigenvalue weighted by Crippen LogP contribution is -2.23. The summed E-state index contributed by atoms with van der Waals surface area (Å²) in [6.07, 6.45) is 3.10. The highest BCUT2D eigenvalue weighted by molar-refractivity contribution is 7.09. The number of rotatable bonds is 8. The molecule has 2 rings (SSSR count). The highest BCUT2D eigenvalue weighted by Gasteiger charge is 2.07. The molecule has 0 unspecified atom stereocenters. The first kappa shape index (κ1) is 16.4. The fourth-order valence-corrected chi connectivity index (χ4v) is 2.60. The van der Waals surface area contributed by atoms with Crippen LogP contribution >= 0.6 is 11.3 Å². The Labute approximate surface area is 133 Å². The van der Waals surface area contributed by atoms with Crippen LogP contribution in [0.2, 0.25) is 0 Å². The van der Waals surface area contributed by atoms with Gasteiger partial charge in [-0.2, -0.15) is 0 Å². The van der Waals surface area contributed by atoms with Crippen LogP contribution in [0.25, 0.3) is 0 Å². The molecule has 0 saturated heterocycles. The molecule has 0 aliphatic rings. The average molecular weight is 320 g/mol. The number of pyridine rings is 1. The van der Waals surface area contributed by atoms with E-state index < -0.39 is 0 Å². The van der Waals surface area contributed by atoms with E-state index in [0.717, 1.165) is 17.1 Å². The Morgan fingerprint density at radius 1 is 1.41 bits per heavy atom. The molecule has 3 N–H and O–H groups in total. The Morgan fingerprint density at radius 2 is 2.27 bits per heavy atom. The fourth-order valence-electron chi connectivity index (χ4n) is 1.78. The molecule has 2 aromatic rings. The van der Waals surface area contributed by atoms with Gasteiger partial charge in [-0.3, -0.25) is 4.79 Å². The Morgan fingerprint density at radius 3 is 2.91 bits per heavy atom. The minimum atomic E-state index is -0.164. The Balaban J connectivity index is 1.84. The third-order valence-corrected chi connectivity index (χ3v) is 3.93. The van der Waals surface area contributed by atoms with E-state index in [2.05, 4.69) is 27.5 Å². The molecule has 2 heterocycles. The number of anilines is 1. The number of hydrogen-bond acceptors (Lipinski definition) is 6. The van der Waals surface area contributed by atoms with Crippen LogP contribution in [0.1, 0.15) is 34.4 Å². The number of aliphatic hydroxyl groups excluding tert-OH is 1. The van der Waals surface area contributed by atoms with Gasteiger partial charge in [0.1, 0.15) is 10.8 Å². The standard InChI is InChI=1S/C15H20N4O2S/c1-2-12-10-22-14(19-12)9-18-15(21)11-4-5-13(17-8-11)16-6-3-7-20/h4-5,8,10,20H,2-3,6-7,9H2,1H3,(H,16,17)(H,18,21). The van der Waals surface area contributed by atoms with Crippen molar-refractivity contribution in [3.8, 4) is 0 Å². The third kappa shape index (κ3) is 4.78. The van der Waals surface area contributed by atoms with E-state index in [0.29, 0.717) is 30.9 Å². The van der Waals surface area contributed by atoms with Gasteiger partial charge in [0.2, 0.25) is 0 Å². The van der Waals surface area contributed by atoms with Gasteiger partial charge in [0.05, 0.1) is 17.8 Å². The van der Waals surface area contributed by atoms with E-state index in [4.69, 9.17) is 5.11 Å². The molecular weight excluding hydrogens is 300 g/mol. The van der Waals surface area contributed by atoms with Crippen LogP contribution in [0.3, 0.4) is 0 Å². The number of nitrogens with zero attached hydrogens (tertiary/aromatic N) is 2. The molecular formula is C15H20N4O2S. The van der Waals surface area contributed by atoms with Crippen LogP contribution in [-0.2, 0) is 13.0 Å². The summed E-state index contributed by atoms with van der Waals surface area (Å²) in [5.41, 5.74) is 1.56. The highest BCUT2D eigenvalue weighted by atomic mass is 32.1. The minimum Gasteiger partial charge on any atom is -0.396 e. The Hall–Kier alpha value is -1.99. The SMILES string of the molecule is CCc1csc(CNC(=O)c2ccc(NCCCO)nc2)n1. The number of amides is 1. The second-order valence-electron chi connectivity index (χ2n) is 4.70. The second-order valence-corrected chi connectivity index (χ2v) is 5.65. The number of carbonyl (C=O) groups excluding carboxylic acids is 1. The molecule has 1 amide bonds. The lowest BCUT2D eigenvalue weighted by atomic mass is 10.2. The fraction of sp³-hybridized carbons (Fsp3) is 0.400. The minimum absolute atomic E-state index is 0.143. The lowest BCUT2D eigenvalue weighted by Gasteiger charge is -2.06. The summed E-state index contributed by atoms with van der Waals surface area (Å²) in [6, 6.07) is 3.48. The monoisotopic (exact) mass is 320 g/mol. The number of aromatic nitrogens is 2. The summed E-state index contributed by atoms with van der Waals surface area (Å²) >= 11 is 1.55. The van der Waals surface area contributed by atoms with Crippen LogP contribution in [0.15, 0.2) is 23.7 Å². The number of aryl methyl sites for hydroxylation is 1. The predicted molar refractivity (Wildman–Crippen MR) is 87.1 cm³/mol. The molecule has 0 atom stereocenters. The Bertz CT molecular complexity index is 598. The zero-order valence-electron chi connectivity index (χ0n) is 12.5. The molecule has 0 aromatic carbocycles. The van der Waals surface area contributed by atoms with Gasteiger partial charge >= 0.3 is 0 Å². The first-order valence-electron chi connectivity index (χ1n) is 7.25. The summed E-state index contributed by atoms with van der Waals surface area (Å²) in [6.45, 7) is 3.28. The number of carbonyl (C=O) groups is 1. The quantitative estimate of drug-likeness (QED) is 0.646. The molecule has 0 bridgehead atoms. The molecule has 118 valence electrons. The first-order valence-corrected chi connectivity index (χ1v) is 8.13. The summed E-state index contributed by atoms with van der Waals surface area (Å²) < 4.78 is 0. The van der Waals surface area contributed by atoms with Crippen LogP contribution in [-0.4, -0.2) is 34.1 Å². The smallest absolute Gasteiger partial charge is 0.253 e. The maximum atomic E-state index is 12.0. The number of aliphatic hydroxyl groups is 1. The van der Waals surface area contributed by atoms with Crippen molar-refractivity contribution >= 4 is 23.1 Å². The Kier molecular flexibility index (Phi) is 6.29. The molecule has 0 fully saturated rings. The van der Waals surface area contributed by atoms with E-state index >= 15 is 0 Å². The van der Waals surface area contributed by atoms with Crippen molar-refractivity contribution in [2.24, 2.45) is 0 Å². The van der Waals surface area contributed by atoms with Crippen molar-refractivity contribution in [3.05, 3.63) is 40.0 Å². The first-order chi connectivity index (χ1) is 10.7. The van der Waals surface area contributed by atoms with Crippen LogP contribution < -0.4 is 10.6 Å². The largest absolute Gasteiger partial charge is 0.396 e. The van der Waals surface area contributed by atoms with Gasteiger partial charge in [-0.1, -0.05) is 6.92 Å². The predicted octanol–water partition coefficient (Wildman–Crippen LogP) is 1.82. The van der Waals surface area contributed by atoms with Gasteiger partial charge in [-0.25, -0.2) is 9.97 Å². The van der Waals surface area contributed by atoms with Crippen LogP contribution in [0, 0.1) is 0 Å². The van der Waals surface area contributed by atoms with Crippen molar-refractivity contribution in [3.63, 3.8) is 0 Å². The summed E-state index contributed by atoms with van der Waals surface area (Å²) in [4.78, 5) is 20.6. The van der Waals surface area contributed by atoms with Gasteiger partial charge in [0, 0.05) is 24.7 Å². The summed E-state index contributed by atoms with van der Waals surface area (Å²) in [5, 5.41) is 17.5. The van der Waals surface area contributed by atoms with Gasteiger partial charge in [-0.15, -0.1) is 11.3 Å². The lowest BCUT2D eigenvalue weighted by molar-refractivity contribution is 0.0950. The van der Waals surface area contributed by atoms with Crippen molar-refractivity contribution in [2.75, 3.05) is 18.5 Å². The van der Waals surface area contributed by atoms with Crippen molar-refractivity contribution in [2.45, 2.75) is 26.3 Å². The third-order valence-electron chi connectivity index (χ3n) is 3.03. The zero-order valence-corrected chi connectivity index (χ0v) is 13.3. The topological polar surface area (TPSA) is 87.1 Å². The van der Waals surface area contributed by atoms with Gasteiger partial charge in [0.25, 0.3) is 5.91 Å². The molecule has 7 heteroatoms. The average Bonchev–Trinajstić information content (AvgIpc) is 3.01. The summed E-state index contributed by atoms with van der Waals surface area (Å²) in [5.74, 6) is 0.528. The molecule has 0 aliphatic carbocycles. The van der Waals surface area contributed by atoms with Gasteiger partial charge < -0.3 is 15.7 Å². The van der Waals surface area contributed by atoms with Crippen LogP contribution in [0.5, 0.6) is 0 Å². The van der Waals surface area contributed by atoms with E-state index in [1.807, 2.05) is 5.38 Å². The molecule has 0 spiro atoms. The number of nitrogens with one attached hydrogen (secondary N) is 2. The van der Waals surface area contributed by atoms with Gasteiger partial charge in [0.15, 0.2) is 0 Å². The zero-order chi connectivity index (χ0) is 15.8. The molecule has 0 saturated carbocycles. The van der Waals surface area contributed by atoms with Crippen molar-refractivity contribution in [1.82, 2.24) is 15.3 Å².